The first kappa shape index (κ1) is 19.5. The zero-order valence-corrected chi connectivity index (χ0v) is 18.0. The number of hydrogen-bond acceptors (Lipinski definition) is 2. The second-order valence-corrected chi connectivity index (χ2v) is 8.56. The van der Waals surface area contributed by atoms with E-state index in [1.807, 2.05) is 25.1 Å². The Morgan fingerprint density at radius 1 is 0.964 bits per heavy atom. The molecule has 1 heterocycles. The number of nitrogens with zero attached hydrogens (tertiary/aromatic N) is 1. The molecule has 1 amide bonds. The second kappa shape index (κ2) is 7.20. The highest BCUT2D eigenvalue weighted by atomic mass is 79.9. The van der Waals surface area contributed by atoms with Gasteiger partial charge in [-0.05, 0) is 48.9 Å². The molecule has 6 heteroatoms. The number of amides is 1. The largest absolute Gasteiger partial charge is 0.363 e. The molecule has 1 N–H and O–H groups in total. The third kappa shape index (κ3) is 3.05. The SMILES string of the molecule is CC(c1ccc(Cl)cc1)N1C(=O)c2cc(Br)ccc2C1(O)c1ccc(Cl)cc1. The van der Waals surface area contributed by atoms with Crippen LogP contribution in [0.3, 0.4) is 0 Å². The first-order chi connectivity index (χ1) is 13.3. The maximum absolute atomic E-state index is 13.4. The van der Waals surface area contributed by atoms with Crippen LogP contribution in [0.25, 0.3) is 0 Å². The van der Waals surface area contributed by atoms with E-state index in [1.165, 1.54) is 4.90 Å². The number of benzene rings is 3. The Bertz CT molecular complexity index is 1050. The maximum Gasteiger partial charge on any atom is 0.257 e. The lowest BCUT2D eigenvalue weighted by Crippen LogP contribution is -2.46. The molecule has 0 aromatic heterocycles. The van der Waals surface area contributed by atoms with Crippen molar-refractivity contribution in [3.8, 4) is 0 Å². The predicted octanol–water partition coefficient (Wildman–Crippen LogP) is 6.17. The van der Waals surface area contributed by atoms with Crippen molar-refractivity contribution in [2.75, 3.05) is 0 Å². The fraction of sp³-hybridized carbons (Fsp3) is 0.136. The van der Waals surface area contributed by atoms with E-state index in [4.69, 9.17) is 23.2 Å². The molecular formula is C22H16BrCl2NO2. The molecule has 0 aliphatic carbocycles. The summed E-state index contributed by atoms with van der Waals surface area (Å²) >= 11 is 15.5. The van der Waals surface area contributed by atoms with Crippen molar-refractivity contribution in [1.82, 2.24) is 4.90 Å². The summed E-state index contributed by atoms with van der Waals surface area (Å²) in [5.41, 5.74) is 0.845. The minimum Gasteiger partial charge on any atom is -0.363 e. The molecular weight excluding hydrogens is 461 g/mol. The molecule has 1 aliphatic rings. The van der Waals surface area contributed by atoms with Crippen LogP contribution >= 0.6 is 39.1 Å². The first-order valence-electron chi connectivity index (χ1n) is 8.70. The monoisotopic (exact) mass is 475 g/mol. The summed E-state index contributed by atoms with van der Waals surface area (Å²) in [7, 11) is 0. The average Bonchev–Trinajstić information content (AvgIpc) is 2.90. The lowest BCUT2D eigenvalue weighted by Gasteiger charge is -2.39. The molecule has 0 saturated carbocycles. The lowest BCUT2D eigenvalue weighted by molar-refractivity contribution is -0.0677. The van der Waals surface area contributed by atoms with Gasteiger partial charge in [-0.1, -0.05) is 69.5 Å². The minimum atomic E-state index is -1.61. The van der Waals surface area contributed by atoms with Crippen molar-refractivity contribution in [3.05, 3.63) is 104 Å². The van der Waals surface area contributed by atoms with Gasteiger partial charge in [-0.2, -0.15) is 0 Å². The summed E-state index contributed by atoms with van der Waals surface area (Å²) in [6.45, 7) is 1.89. The molecule has 3 aromatic carbocycles. The zero-order valence-electron chi connectivity index (χ0n) is 14.9. The van der Waals surface area contributed by atoms with Crippen LogP contribution in [0.15, 0.2) is 71.2 Å². The van der Waals surface area contributed by atoms with E-state index in [0.29, 0.717) is 26.7 Å². The van der Waals surface area contributed by atoms with Crippen LogP contribution in [0.1, 0.15) is 40.0 Å². The van der Waals surface area contributed by atoms with Gasteiger partial charge in [-0.25, -0.2) is 0 Å². The predicted molar refractivity (Wildman–Crippen MR) is 115 cm³/mol. The third-order valence-electron chi connectivity index (χ3n) is 5.14. The van der Waals surface area contributed by atoms with E-state index in [1.54, 1.807) is 48.5 Å². The van der Waals surface area contributed by atoms with Gasteiger partial charge in [0.05, 0.1) is 6.04 Å². The Hall–Kier alpha value is -1.85. The summed E-state index contributed by atoms with van der Waals surface area (Å²) in [6, 6.07) is 19.1. The van der Waals surface area contributed by atoms with Gasteiger partial charge in [0, 0.05) is 31.2 Å². The smallest absolute Gasteiger partial charge is 0.257 e. The Balaban J connectivity index is 1.91. The van der Waals surface area contributed by atoms with Crippen LogP contribution in [0.5, 0.6) is 0 Å². The number of carbonyl (C=O) groups excluding carboxylic acids is 1. The van der Waals surface area contributed by atoms with Crippen LogP contribution in [0, 0.1) is 0 Å². The number of fused-ring (bicyclic) bond motifs is 1. The Kier molecular flexibility index (Phi) is 5.00. The average molecular weight is 477 g/mol. The van der Waals surface area contributed by atoms with Crippen molar-refractivity contribution >= 4 is 45.0 Å². The maximum atomic E-state index is 13.4. The fourth-order valence-electron chi connectivity index (χ4n) is 3.73. The van der Waals surface area contributed by atoms with Gasteiger partial charge >= 0.3 is 0 Å². The van der Waals surface area contributed by atoms with Crippen LogP contribution < -0.4 is 0 Å². The second-order valence-electron chi connectivity index (χ2n) is 6.77. The standard InChI is InChI=1S/C22H16BrCl2NO2/c1-13(14-2-7-17(24)8-3-14)26-21(27)19-12-16(23)6-11-20(19)22(26,28)15-4-9-18(25)10-5-15/h2-13,28H,1H3. The van der Waals surface area contributed by atoms with E-state index >= 15 is 0 Å². The quantitative estimate of drug-likeness (QED) is 0.491. The highest BCUT2D eigenvalue weighted by Crippen LogP contribution is 2.47. The van der Waals surface area contributed by atoms with Crippen LogP contribution in [-0.4, -0.2) is 15.9 Å². The van der Waals surface area contributed by atoms with Crippen LogP contribution in [0.4, 0.5) is 0 Å². The molecule has 2 unspecified atom stereocenters. The molecule has 3 nitrogen and oxygen atoms in total. The number of carbonyl (C=O) groups is 1. The van der Waals surface area contributed by atoms with E-state index in [9.17, 15) is 9.90 Å². The van der Waals surface area contributed by atoms with Crippen LogP contribution in [0.2, 0.25) is 10.0 Å². The van der Waals surface area contributed by atoms with Gasteiger partial charge in [0.2, 0.25) is 0 Å². The molecule has 0 saturated heterocycles. The summed E-state index contributed by atoms with van der Waals surface area (Å²) in [6.07, 6.45) is 0. The summed E-state index contributed by atoms with van der Waals surface area (Å²) in [5, 5.41) is 13.1. The Morgan fingerprint density at radius 2 is 1.54 bits per heavy atom. The van der Waals surface area contributed by atoms with E-state index in [-0.39, 0.29) is 5.91 Å². The summed E-state index contributed by atoms with van der Waals surface area (Å²) < 4.78 is 0.777. The van der Waals surface area contributed by atoms with Crippen molar-refractivity contribution in [1.29, 1.82) is 0 Å². The molecule has 4 rings (SSSR count). The van der Waals surface area contributed by atoms with Gasteiger partial charge in [0.1, 0.15) is 0 Å². The molecule has 2 atom stereocenters. The number of rotatable bonds is 3. The molecule has 0 spiro atoms. The Labute approximate surface area is 181 Å². The molecule has 0 fully saturated rings. The van der Waals surface area contributed by atoms with Gasteiger partial charge < -0.3 is 5.11 Å². The highest BCUT2D eigenvalue weighted by Gasteiger charge is 2.52. The fourth-order valence-corrected chi connectivity index (χ4v) is 4.34. The third-order valence-corrected chi connectivity index (χ3v) is 6.14. The number of hydrogen-bond donors (Lipinski definition) is 1. The van der Waals surface area contributed by atoms with Crippen molar-refractivity contribution in [3.63, 3.8) is 0 Å². The van der Waals surface area contributed by atoms with Crippen molar-refractivity contribution in [2.45, 2.75) is 18.7 Å². The van der Waals surface area contributed by atoms with Crippen molar-refractivity contribution in [2.24, 2.45) is 0 Å². The van der Waals surface area contributed by atoms with Gasteiger partial charge in [0.25, 0.3) is 5.91 Å². The zero-order chi connectivity index (χ0) is 20.1. The summed E-state index contributed by atoms with van der Waals surface area (Å²) in [5.74, 6) is -0.240. The lowest BCUT2D eigenvalue weighted by atomic mass is 9.92. The Morgan fingerprint density at radius 3 is 2.14 bits per heavy atom. The highest BCUT2D eigenvalue weighted by molar-refractivity contribution is 9.10. The minimum absolute atomic E-state index is 0.240. The summed E-state index contributed by atoms with van der Waals surface area (Å²) in [4.78, 5) is 14.9. The van der Waals surface area contributed by atoms with Gasteiger partial charge in [-0.15, -0.1) is 0 Å². The normalized spacial score (nSPS) is 19.6. The van der Waals surface area contributed by atoms with E-state index in [0.717, 1.165) is 10.0 Å². The van der Waals surface area contributed by atoms with Gasteiger partial charge in [-0.3, -0.25) is 9.69 Å². The molecule has 0 radical (unpaired) electrons. The topological polar surface area (TPSA) is 40.5 Å². The molecule has 0 bridgehead atoms. The van der Waals surface area contributed by atoms with Crippen molar-refractivity contribution < 1.29 is 9.90 Å². The first-order valence-corrected chi connectivity index (χ1v) is 10.2. The number of aliphatic hydroxyl groups is 1. The van der Waals surface area contributed by atoms with Crippen LogP contribution in [-0.2, 0) is 5.72 Å². The molecule has 142 valence electrons. The van der Waals surface area contributed by atoms with Gasteiger partial charge in [0.15, 0.2) is 5.72 Å². The molecule has 1 aliphatic heterocycles. The van der Waals surface area contributed by atoms with E-state index < -0.39 is 11.8 Å². The molecule has 28 heavy (non-hydrogen) atoms. The van der Waals surface area contributed by atoms with E-state index in [2.05, 4.69) is 15.9 Å². The molecule has 3 aromatic rings. The number of halogens is 3.